The molecule has 1 saturated heterocycles. The molecule has 3 N–H and O–H groups in total. The third-order valence-electron chi connectivity index (χ3n) is 2.92. The van der Waals surface area contributed by atoms with Crippen LogP contribution in [0.2, 0.25) is 0 Å². The monoisotopic (exact) mass is 258 g/mol. The van der Waals surface area contributed by atoms with Crippen molar-refractivity contribution in [1.29, 1.82) is 0 Å². The summed E-state index contributed by atoms with van der Waals surface area (Å²) in [6.45, 7) is 0.551. The van der Waals surface area contributed by atoms with Gasteiger partial charge in [-0.25, -0.2) is 12.8 Å². The molecule has 1 heterocycles. The zero-order valence-corrected chi connectivity index (χ0v) is 10.1. The molecule has 0 radical (unpaired) electrons. The Kier molecular flexibility index (Phi) is 3.24. The van der Waals surface area contributed by atoms with Crippen LogP contribution in [-0.4, -0.2) is 26.5 Å². The van der Waals surface area contributed by atoms with E-state index in [2.05, 4.69) is 5.32 Å². The van der Waals surface area contributed by atoms with Crippen molar-refractivity contribution in [2.75, 3.05) is 29.1 Å². The van der Waals surface area contributed by atoms with Crippen molar-refractivity contribution in [2.45, 2.75) is 6.42 Å². The largest absolute Gasteiger partial charge is 0.397 e. The smallest absolute Gasteiger partial charge is 0.150 e. The van der Waals surface area contributed by atoms with E-state index in [0.29, 0.717) is 24.3 Å². The number of nitrogens with two attached hydrogens (primary N) is 1. The van der Waals surface area contributed by atoms with Crippen LogP contribution in [0, 0.1) is 11.7 Å². The Morgan fingerprint density at radius 3 is 2.82 bits per heavy atom. The van der Waals surface area contributed by atoms with Gasteiger partial charge in [-0.1, -0.05) is 0 Å². The second-order valence-electron chi connectivity index (χ2n) is 4.38. The normalized spacial score (nSPS) is 22.5. The Balaban J connectivity index is 1.95. The van der Waals surface area contributed by atoms with E-state index < -0.39 is 9.84 Å². The first-order valence-corrected chi connectivity index (χ1v) is 7.28. The first-order valence-electron chi connectivity index (χ1n) is 5.45. The fourth-order valence-corrected chi connectivity index (χ4v) is 3.84. The zero-order chi connectivity index (χ0) is 12.5. The number of rotatable bonds is 3. The number of halogens is 1. The number of benzene rings is 1. The fourth-order valence-electron chi connectivity index (χ4n) is 1.98. The minimum atomic E-state index is -2.85. The number of hydrogen-bond donors (Lipinski definition) is 2. The maximum atomic E-state index is 12.8. The molecule has 0 bridgehead atoms. The molecule has 0 amide bonds. The van der Waals surface area contributed by atoms with Crippen LogP contribution in [0.15, 0.2) is 18.2 Å². The van der Waals surface area contributed by atoms with E-state index in [1.807, 2.05) is 0 Å². The summed E-state index contributed by atoms with van der Waals surface area (Å²) < 4.78 is 35.3. The molecule has 0 spiro atoms. The highest BCUT2D eigenvalue weighted by Crippen LogP contribution is 2.22. The van der Waals surface area contributed by atoms with Crippen molar-refractivity contribution in [2.24, 2.45) is 5.92 Å². The van der Waals surface area contributed by atoms with Gasteiger partial charge >= 0.3 is 0 Å². The lowest BCUT2D eigenvalue weighted by atomic mass is 10.1. The predicted octanol–water partition coefficient (Wildman–Crippen LogP) is 1.25. The lowest BCUT2D eigenvalue weighted by molar-refractivity contribution is 0.596. The van der Waals surface area contributed by atoms with E-state index in [4.69, 9.17) is 5.73 Å². The second-order valence-corrected chi connectivity index (χ2v) is 6.61. The summed E-state index contributed by atoms with van der Waals surface area (Å²) in [5, 5.41) is 3.06. The molecule has 1 fully saturated rings. The Bertz CT molecular complexity index is 516. The quantitative estimate of drug-likeness (QED) is 0.800. The van der Waals surface area contributed by atoms with Crippen LogP contribution >= 0.6 is 0 Å². The average Bonchev–Trinajstić information content (AvgIpc) is 2.57. The van der Waals surface area contributed by atoms with Gasteiger partial charge in [0, 0.05) is 6.54 Å². The lowest BCUT2D eigenvalue weighted by Gasteiger charge is -2.12. The van der Waals surface area contributed by atoms with Crippen molar-refractivity contribution in [3.8, 4) is 0 Å². The SMILES string of the molecule is Nc1cc(F)ccc1NCC1CCS(=O)(=O)C1. The van der Waals surface area contributed by atoms with Crippen LogP contribution in [0.1, 0.15) is 6.42 Å². The number of nitrogen functional groups attached to an aromatic ring is 1. The van der Waals surface area contributed by atoms with Crippen molar-refractivity contribution in [3.63, 3.8) is 0 Å². The average molecular weight is 258 g/mol. The third kappa shape index (κ3) is 3.09. The molecular formula is C11H15FN2O2S. The van der Waals surface area contributed by atoms with Gasteiger partial charge in [0.2, 0.25) is 0 Å². The number of sulfone groups is 1. The zero-order valence-electron chi connectivity index (χ0n) is 9.32. The third-order valence-corrected chi connectivity index (χ3v) is 4.76. The molecule has 2 rings (SSSR count). The summed E-state index contributed by atoms with van der Waals surface area (Å²) in [7, 11) is -2.85. The number of anilines is 2. The van der Waals surface area contributed by atoms with Gasteiger partial charge in [0.15, 0.2) is 9.84 Å². The van der Waals surface area contributed by atoms with E-state index in [0.717, 1.165) is 0 Å². The molecule has 1 aromatic rings. The van der Waals surface area contributed by atoms with Gasteiger partial charge in [-0.05, 0) is 30.5 Å². The predicted molar refractivity (Wildman–Crippen MR) is 66.1 cm³/mol. The van der Waals surface area contributed by atoms with Gasteiger partial charge in [-0.15, -0.1) is 0 Å². The maximum absolute atomic E-state index is 12.8. The van der Waals surface area contributed by atoms with E-state index in [-0.39, 0.29) is 23.2 Å². The van der Waals surface area contributed by atoms with E-state index in [9.17, 15) is 12.8 Å². The highest BCUT2D eigenvalue weighted by atomic mass is 32.2. The first kappa shape index (κ1) is 12.2. The Hall–Kier alpha value is -1.30. The maximum Gasteiger partial charge on any atom is 0.150 e. The molecule has 6 heteroatoms. The van der Waals surface area contributed by atoms with Crippen LogP contribution in [0.5, 0.6) is 0 Å². The highest BCUT2D eigenvalue weighted by Gasteiger charge is 2.27. The summed E-state index contributed by atoms with van der Waals surface area (Å²) >= 11 is 0. The van der Waals surface area contributed by atoms with E-state index in [1.165, 1.54) is 12.1 Å². The minimum Gasteiger partial charge on any atom is -0.397 e. The Morgan fingerprint density at radius 2 is 2.24 bits per heavy atom. The topological polar surface area (TPSA) is 72.2 Å². The highest BCUT2D eigenvalue weighted by molar-refractivity contribution is 7.91. The van der Waals surface area contributed by atoms with Gasteiger partial charge in [-0.2, -0.15) is 0 Å². The molecule has 1 atom stereocenters. The first-order chi connectivity index (χ1) is 7.96. The van der Waals surface area contributed by atoms with Gasteiger partial charge in [-0.3, -0.25) is 0 Å². The van der Waals surface area contributed by atoms with Gasteiger partial charge in [0.25, 0.3) is 0 Å². The van der Waals surface area contributed by atoms with Crippen LogP contribution in [0.4, 0.5) is 15.8 Å². The van der Waals surface area contributed by atoms with Crippen LogP contribution in [-0.2, 0) is 9.84 Å². The summed E-state index contributed by atoms with van der Waals surface area (Å²) in [5.41, 5.74) is 6.63. The van der Waals surface area contributed by atoms with E-state index in [1.54, 1.807) is 6.07 Å². The van der Waals surface area contributed by atoms with Crippen molar-refractivity contribution >= 4 is 21.2 Å². The summed E-state index contributed by atoms with van der Waals surface area (Å²) in [6.07, 6.45) is 0.677. The van der Waals surface area contributed by atoms with Crippen molar-refractivity contribution < 1.29 is 12.8 Å². The number of nitrogens with one attached hydrogen (secondary N) is 1. The van der Waals surface area contributed by atoms with E-state index >= 15 is 0 Å². The summed E-state index contributed by atoms with van der Waals surface area (Å²) in [4.78, 5) is 0. The molecular weight excluding hydrogens is 243 g/mol. The molecule has 0 aromatic heterocycles. The molecule has 4 nitrogen and oxygen atoms in total. The molecule has 1 unspecified atom stereocenters. The Labute approximate surface area is 99.9 Å². The van der Waals surface area contributed by atoms with Crippen molar-refractivity contribution in [1.82, 2.24) is 0 Å². The number of hydrogen-bond acceptors (Lipinski definition) is 4. The molecule has 1 aliphatic heterocycles. The Morgan fingerprint density at radius 1 is 1.47 bits per heavy atom. The summed E-state index contributed by atoms with van der Waals surface area (Å²) in [6, 6.07) is 4.13. The molecule has 0 aliphatic carbocycles. The second kappa shape index (κ2) is 4.52. The van der Waals surface area contributed by atoms with Gasteiger partial charge < -0.3 is 11.1 Å². The van der Waals surface area contributed by atoms with Gasteiger partial charge in [0.05, 0.1) is 22.9 Å². The van der Waals surface area contributed by atoms with Gasteiger partial charge in [0.1, 0.15) is 5.82 Å². The van der Waals surface area contributed by atoms with Crippen LogP contribution < -0.4 is 11.1 Å². The molecule has 1 aromatic carbocycles. The minimum absolute atomic E-state index is 0.115. The van der Waals surface area contributed by atoms with Crippen LogP contribution in [0.25, 0.3) is 0 Å². The fraction of sp³-hybridized carbons (Fsp3) is 0.455. The molecule has 1 aliphatic rings. The lowest BCUT2D eigenvalue weighted by Crippen LogP contribution is -2.16. The van der Waals surface area contributed by atoms with Crippen LogP contribution in [0.3, 0.4) is 0 Å². The molecule has 17 heavy (non-hydrogen) atoms. The summed E-state index contributed by atoms with van der Waals surface area (Å²) in [5.74, 6) is 0.222. The molecule has 94 valence electrons. The van der Waals surface area contributed by atoms with Crippen molar-refractivity contribution in [3.05, 3.63) is 24.0 Å². The standard InChI is InChI=1S/C11H15FN2O2S/c12-9-1-2-11(10(13)5-9)14-6-8-3-4-17(15,16)7-8/h1-2,5,8,14H,3-4,6-7,13H2. The molecule has 0 saturated carbocycles.